The fraction of sp³-hybridized carbons (Fsp3) is 0.565. The monoisotopic (exact) mass is 538 g/mol. The minimum atomic E-state index is 0. The van der Waals surface area contributed by atoms with Crippen molar-refractivity contribution in [2.24, 2.45) is 18.0 Å². The summed E-state index contributed by atoms with van der Waals surface area (Å²) in [6, 6.07) is 8.35. The summed E-state index contributed by atoms with van der Waals surface area (Å²) in [4.78, 5) is 9.89. The Bertz CT molecular complexity index is 869. The van der Waals surface area contributed by atoms with E-state index in [0.29, 0.717) is 11.8 Å². The molecule has 2 aromatic rings. The zero-order valence-electron chi connectivity index (χ0n) is 18.8. The molecule has 7 nitrogen and oxygen atoms in total. The maximum Gasteiger partial charge on any atom is 0.193 e. The van der Waals surface area contributed by atoms with Crippen LogP contribution in [0.2, 0.25) is 0 Å². The van der Waals surface area contributed by atoms with E-state index in [0.717, 1.165) is 57.4 Å². The summed E-state index contributed by atoms with van der Waals surface area (Å²) in [5, 5.41) is 7.85. The van der Waals surface area contributed by atoms with Gasteiger partial charge in [0.05, 0.1) is 13.3 Å². The Morgan fingerprint density at radius 3 is 2.87 bits per heavy atom. The van der Waals surface area contributed by atoms with Crippen molar-refractivity contribution < 1.29 is 4.74 Å². The highest BCUT2D eigenvalue weighted by Gasteiger charge is 2.28. The fourth-order valence-electron chi connectivity index (χ4n) is 4.54. The van der Waals surface area contributed by atoms with Gasteiger partial charge >= 0.3 is 0 Å². The van der Waals surface area contributed by atoms with Crippen molar-refractivity contribution in [1.82, 2.24) is 20.0 Å². The average Bonchev–Trinajstić information content (AvgIpc) is 3.52. The smallest absolute Gasteiger partial charge is 0.193 e. The molecule has 2 aliphatic rings. The number of hydrogen-bond acceptors (Lipinski definition) is 4. The number of nitrogens with zero attached hydrogens (tertiary/aromatic N) is 5. The number of rotatable bonds is 6. The zero-order chi connectivity index (χ0) is 20.9. The van der Waals surface area contributed by atoms with Crippen LogP contribution in [0.15, 0.2) is 41.7 Å². The number of hydrogen-bond donors (Lipinski definition) is 1. The molecule has 170 valence electrons. The van der Waals surface area contributed by atoms with Crippen LogP contribution in [0.4, 0.5) is 5.69 Å². The molecule has 0 amide bonds. The molecular formula is C23H35IN6O. The van der Waals surface area contributed by atoms with Crippen LogP contribution in [0.3, 0.4) is 0 Å². The lowest BCUT2D eigenvalue weighted by atomic mass is 10.0. The molecule has 0 spiro atoms. The Morgan fingerprint density at radius 2 is 2.13 bits per heavy atom. The van der Waals surface area contributed by atoms with E-state index in [2.05, 4.69) is 51.5 Å². The van der Waals surface area contributed by atoms with Crippen LogP contribution in [-0.2, 0) is 7.05 Å². The Hall–Kier alpha value is -1.97. The van der Waals surface area contributed by atoms with Crippen LogP contribution in [-0.4, -0.2) is 67.0 Å². The number of ether oxygens (including phenoxy) is 1. The van der Waals surface area contributed by atoms with Gasteiger partial charge in [-0.05, 0) is 43.4 Å². The van der Waals surface area contributed by atoms with Gasteiger partial charge in [0.2, 0.25) is 0 Å². The highest BCUT2D eigenvalue weighted by Crippen LogP contribution is 2.28. The highest BCUT2D eigenvalue weighted by molar-refractivity contribution is 14.0. The zero-order valence-corrected chi connectivity index (χ0v) is 21.2. The molecule has 0 radical (unpaired) electrons. The minimum absolute atomic E-state index is 0. The predicted octanol–water partition coefficient (Wildman–Crippen LogP) is 3.33. The SMILES string of the molecule is CCNC(=NCC1CCN(c2cccc(OC)c2)C1)N1CCC(c2cnn(C)c2)C1.I. The van der Waals surface area contributed by atoms with E-state index in [-0.39, 0.29) is 24.0 Å². The van der Waals surface area contributed by atoms with Gasteiger partial charge in [-0.25, -0.2) is 0 Å². The maximum absolute atomic E-state index is 5.38. The van der Waals surface area contributed by atoms with E-state index in [1.807, 2.05) is 24.0 Å². The number of halogens is 1. The van der Waals surface area contributed by atoms with Gasteiger partial charge in [0.15, 0.2) is 5.96 Å². The van der Waals surface area contributed by atoms with E-state index in [4.69, 9.17) is 9.73 Å². The van der Waals surface area contributed by atoms with Crippen molar-refractivity contribution in [3.63, 3.8) is 0 Å². The minimum Gasteiger partial charge on any atom is -0.497 e. The molecule has 2 aliphatic heterocycles. The maximum atomic E-state index is 5.38. The first-order valence-corrected chi connectivity index (χ1v) is 11.1. The Labute approximate surface area is 202 Å². The average molecular weight is 538 g/mol. The van der Waals surface area contributed by atoms with E-state index in [9.17, 15) is 0 Å². The van der Waals surface area contributed by atoms with Crippen LogP contribution in [0, 0.1) is 5.92 Å². The molecule has 1 aromatic carbocycles. The third kappa shape index (κ3) is 5.84. The molecule has 1 N–H and O–H groups in total. The molecule has 8 heteroatoms. The van der Waals surface area contributed by atoms with Crippen molar-refractivity contribution in [2.75, 3.05) is 51.3 Å². The van der Waals surface area contributed by atoms with Crippen molar-refractivity contribution in [3.05, 3.63) is 42.2 Å². The summed E-state index contributed by atoms with van der Waals surface area (Å²) in [5.74, 6) is 3.10. The van der Waals surface area contributed by atoms with Gasteiger partial charge in [0.1, 0.15) is 5.75 Å². The third-order valence-electron chi connectivity index (χ3n) is 6.22. The first-order chi connectivity index (χ1) is 14.7. The van der Waals surface area contributed by atoms with Crippen LogP contribution < -0.4 is 15.0 Å². The van der Waals surface area contributed by atoms with Crippen molar-refractivity contribution in [3.8, 4) is 5.75 Å². The summed E-state index contributed by atoms with van der Waals surface area (Å²) < 4.78 is 7.27. The van der Waals surface area contributed by atoms with Gasteiger partial charge < -0.3 is 19.9 Å². The Balaban J connectivity index is 0.00000272. The molecule has 2 unspecified atom stereocenters. The van der Waals surface area contributed by atoms with Gasteiger partial charge in [-0.1, -0.05) is 6.07 Å². The molecule has 1 aromatic heterocycles. The second kappa shape index (κ2) is 11.1. The summed E-state index contributed by atoms with van der Waals surface area (Å²) in [7, 11) is 3.71. The van der Waals surface area contributed by atoms with Crippen LogP contribution in [0.5, 0.6) is 5.75 Å². The van der Waals surface area contributed by atoms with E-state index < -0.39 is 0 Å². The molecule has 31 heavy (non-hydrogen) atoms. The first-order valence-electron chi connectivity index (χ1n) is 11.1. The van der Waals surface area contributed by atoms with Gasteiger partial charge in [-0.2, -0.15) is 5.10 Å². The second-order valence-corrected chi connectivity index (χ2v) is 8.38. The van der Waals surface area contributed by atoms with Gasteiger partial charge in [0, 0.05) is 70.2 Å². The van der Waals surface area contributed by atoms with Gasteiger partial charge in [-0.3, -0.25) is 9.67 Å². The standard InChI is InChI=1S/C23H34N6O.HI/c1-4-24-23(29-11-9-19(17-29)20-14-26-27(2)16-20)25-13-18-8-10-28(15-18)21-6-5-7-22(12-21)30-3;/h5-7,12,14,16,18-19H,4,8-11,13,15,17H2,1-3H3,(H,24,25);1H. The normalized spacial score (nSPS) is 21.3. The molecule has 0 saturated carbocycles. The van der Waals surface area contributed by atoms with Crippen molar-refractivity contribution in [2.45, 2.75) is 25.7 Å². The molecule has 0 bridgehead atoms. The summed E-state index contributed by atoms with van der Waals surface area (Å²) in [5.41, 5.74) is 2.58. The fourth-order valence-corrected chi connectivity index (χ4v) is 4.54. The molecular weight excluding hydrogens is 503 g/mol. The van der Waals surface area contributed by atoms with Crippen LogP contribution in [0.25, 0.3) is 0 Å². The highest BCUT2D eigenvalue weighted by atomic mass is 127. The molecule has 3 heterocycles. The number of aromatic nitrogens is 2. The number of guanidine groups is 1. The second-order valence-electron chi connectivity index (χ2n) is 8.38. The molecule has 4 rings (SSSR count). The molecule has 2 fully saturated rings. The number of nitrogens with one attached hydrogen (secondary N) is 1. The summed E-state index contributed by atoms with van der Waals surface area (Å²) in [6.07, 6.45) is 6.48. The quantitative estimate of drug-likeness (QED) is 0.348. The number of anilines is 1. The number of aliphatic imine (C=N–C) groups is 1. The molecule has 2 atom stereocenters. The first kappa shape index (κ1) is 23.7. The number of likely N-dealkylation sites (tertiary alicyclic amines) is 1. The lowest BCUT2D eigenvalue weighted by molar-refractivity contribution is 0.415. The number of methoxy groups -OCH3 is 1. The number of benzene rings is 1. The molecule has 0 aliphatic carbocycles. The lowest BCUT2D eigenvalue weighted by Crippen LogP contribution is -2.40. The van der Waals surface area contributed by atoms with E-state index >= 15 is 0 Å². The largest absolute Gasteiger partial charge is 0.497 e. The van der Waals surface area contributed by atoms with Crippen molar-refractivity contribution >= 4 is 35.6 Å². The predicted molar refractivity (Wildman–Crippen MR) is 137 cm³/mol. The van der Waals surface area contributed by atoms with Crippen LogP contribution in [0.1, 0.15) is 31.2 Å². The Morgan fingerprint density at radius 1 is 1.26 bits per heavy atom. The van der Waals surface area contributed by atoms with Gasteiger partial charge in [0.25, 0.3) is 0 Å². The topological polar surface area (TPSA) is 57.9 Å². The summed E-state index contributed by atoms with van der Waals surface area (Å²) >= 11 is 0. The molecule has 2 saturated heterocycles. The lowest BCUT2D eigenvalue weighted by Gasteiger charge is -2.22. The van der Waals surface area contributed by atoms with Gasteiger partial charge in [-0.15, -0.1) is 24.0 Å². The van der Waals surface area contributed by atoms with E-state index in [1.165, 1.54) is 17.7 Å². The van der Waals surface area contributed by atoms with E-state index in [1.54, 1.807) is 7.11 Å². The third-order valence-corrected chi connectivity index (χ3v) is 6.22. The van der Waals surface area contributed by atoms with Crippen molar-refractivity contribution in [1.29, 1.82) is 0 Å². The summed E-state index contributed by atoms with van der Waals surface area (Å²) in [6.45, 7) is 8.10. The number of aryl methyl sites for hydroxylation is 1. The Kier molecular flexibility index (Phi) is 8.45. The van der Waals surface area contributed by atoms with Crippen LogP contribution >= 0.6 is 24.0 Å².